The molecule has 0 unspecified atom stereocenters. The maximum atomic E-state index is 13.6. The Morgan fingerprint density at radius 2 is 1.75 bits per heavy atom. The van der Waals surface area contributed by atoms with Gasteiger partial charge in [0.05, 0.1) is 11.8 Å². The molecule has 106 valence electrons. The van der Waals surface area contributed by atoms with Gasteiger partial charge in [0, 0.05) is 38.3 Å². The quantitative estimate of drug-likeness (QED) is 0.759. The van der Waals surface area contributed by atoms with E-state index in [1.807, 2.05) is 4.90 Å². The number of nitrogens with zero attached hydrogens (tertiary/aromatic N) is 2. The molecule has 6 heteroatoms. The molecule has 0 saturated carbocycles. The second-order valence-corrected chi connectivity index (χ2v) is 5.38. The van der Waals surface area contributed by atoms with Crippen LogP contribution in [0.3, 0.4) is 0 Å². The molecule has 4 nitrogen and oxygen atoms in total. The second-order valence-electron chi connectivity index (χ2n) is 5.38. The number of rotatable bonds is 2. The van der Waals surface area contributed by atoms with Crippen molar-refractivity contribution < 1.29 is 18.4 Å². The van der Waals surface area contributed by atoms with Crippen LogP contribution in [0.4, 0.5) is 8.78 Å². The van der Waals surface area contributed by atoms with E-state index in [1.165, 1.54) is 24.1 Å². The maximum absolute atomic E-state index is 13.6. The number of hydrogen-bond donors (Lipinski definition) is 0. The molecule has 2 heterocycles. The summed E-state index contributed by atoms with van der Waals surface area (Å²) in [5.74, 6) is -2.19. The number of amides is 2. The Morgan fingerprint density at radius 3 is 2.30 bits per heavy atom. The fraction of sp³-hybridized carbons (Fsp3) is 0.429. The van der Waals surface area contributed by atoms with E-state index >= 15 is 0 Å². The van der Waals surface area contributed by atoms with Crippen LogP contribution < -0.4 is 0 Å². The summed E-state index contributed by atoms with van der Waals surface area (Å²) in [5, 5.41) is 0. The van der Waals surface area contributed by atoms with Gasteiger partial charge in [-0.15, -0.1) is 0 Å². The van der Waals surface area contributed by atoms with Crippen LogP contribution in [0, 0.1) is 23.5 Å². The van der Waals surface area contributed by atoms with Gasteiger partial charge in [0.2, 0.25) is 11.8 Å². The van der Waals surface area contributed by atoms with E-state index in [4.69, 9.17) is 0 Å². The number of benzene rings is 1. The van der Waals surface area contributed by atoms with Crippen molar-refractivity contribution in [1.82, 2.24) is 9.80 Å². The molecule has 2 saturated heterocycles. The third kappa shape index (κ3) is 2.00. The van der Waals surface area contributed by atoms with Gasteiger partial charge in [-0.3, -0.25) is 19.4 Å². The average molecular weight is 280 g/mol. The SMILES string of the molecule is CN1C(=O)[C@H]2CN(Cc3ccc(F)cc3F)C[C@H]2C1=O. The van der Waals surface area contributed by atoms with E-state index in [-0.39, 0.29) is 30.2 Å². The van der Waals surface area contributed by atoms with Crippen molar-refractivity contribution in [2.75, 3.05) is 20.1 Å². The zero-order valence-electron chi connectivity index (χ0n) is 11.0. The molecule has 0 aliphatic carbocycles. The van der Waals surface area contributed by atoms with Crippen LogP contribution in [0.25, 0.3) is 0 Å². The highest BCUT2D eigenvalue weighted by Crippen LogP contribution is 2.33. The van der Waals surface area contributed by atoms with Crippen LogP contribution in [-0.4, -0.2) is 41.8 Å². The molecule has 0 bridgehead atoms. The van der Waals surface area contributed by atoms with Crippen molar-refractivity contribution in [3.8, 4) is 0 Å². The monoisotopic (exact) mass is 280 g/mol. The zero-order valence-corrected chi connectivity index (χ0v) is 11.0. The number of carbonyl (C=O) groups is 2. The largest absolute Gasteiger partial charge is 0.297 e. The van der Waals surface area contributed by atoms with Crippen molar-refractivity contribution in [1.29, 1.82) is 0 Å². The Morgan fingerprint density at radius 1 is 1.15 bits per heavy atom. The normalized spacial score (nSPS) is 26.4. The van der Waals surface area contributed by atoms with Crippen LogP contribution in [0.2, 0.25) is 0 Å². The molecule has 1 aromatic carbocycles. The topological polar surface area (TPSA) is 40.6 Å². The van der Waals surface area contributed by atoms with Crippen molar-refractivity contribution in [2.45, 2.75) is 6.54 Å². The molecule has 20 heavy (non-hydrogen) atoms. The third-order valence-electron chi connectivity index (χ3n) is 4.10. The average Bonchev–Trinajstić information content (AvgIpc) is 2.90. The van der Waals surface area contributed by atoms with E-state index < -0.39 is 11.6 Å². The Labute approximate surface area is 115 Å². The highest BCUT2D eigenvalue weighted by Gasteiger charge is 2.50. The summed E-state index contributed by atoms with van der Waals surface area (Å²) in [6, 6.07) is 3.45. The first-order valence-electron chi connectivity index (χ1n) is 6.45. The van der Waals surface area contributed by atoms with Gasteiger partial charge >= 0.3 is 0 Å². The summed E-state index contributed by atoms with van der Waals surface area (Å²) in [6.07, 6.45) is 0. The lowest BCUT2D eigenvalue weighted by Crippen LogP contribution is -2.33. The summed E-state index contributed by atoms with van der Waals surface area (Å²) in [7, 11) is 1.49. The lowest BCUT2D eigenvalue weighted by Gasteiger charge is -2.18. The summed E-state index contributed by atoms with van der Waals surface area (Å²) in [5.41, 5.74) is 0.375. The number of fused-ring (bicyclic) bond motifs is 1. The van der Waals surface area contributed by atoms with Crippen LogP contribution >= 0.6 is 0 Å². The van der Waals surface area contributed by atoms with E-state index in [0.29, 0.717) is 18.7 Å². The maximum Gasteiger partial charge on any atom is 0.234 e. The molecule has 1 aromatic rings. The molecule has 0 N–H and O–H groups in total. The summed E-state index contributed by atoms with van der Waals surface area (Å²) in [4.78, 5) is 26.8. The summed E-state index contributed by atoms with van der Waals surface area (Å²) < 4.78 is 26.4. The smallest absolute Gasteiger partial charge is 0.234 e. The van der Waals surface area contributed by atoms with Gasteiger partial charge in [0.25, 0.3) is 0 Å². The van der Waals surface area contributed by atoms with Crippen LogP contribution in [0.5, 0.6) is 0 Å². The third-order valence-corrected chi connectivity index (χ3v) is 4.10. The lowest BCUT2D eigenvalue weighted by atomic mass is 10.00. The second kappa shape index (κ2) is 4.63. The van der Waals surface area contributed by atoms with Crippen LogP contribution in [-0.2, 0) is 16.1 Å². The molecule has 2 aliphatic heterocycles. The zero-order chi connectivity index (χ0) is 14.4. The van der Waals surface area contributed by atoms with Gasteiger partial charge in [-0.2, -0.15) is 0 Å². The first kappa shape index (κ1) is 13.2. The molecule has 3 rings (SSSR count). The van der Waals surface area contributed by atoms with E-state index in [9.17, 15) is 18.4 Å². The highest BCUT2D eigenvalue weighted by molar-refractivity contribution is 6.05. The van der Waals surface area contributed by atoms with Crippen molar-refractivity contribution in [3.05, 3.63) is 35.4 Å². The molecule has 2 amide bonds. The summed E-state index contributed by atoms with van der Waals surface area (Å²) in [6.45, 7) is 1.16. The Balaban J connectivity index is 1.73. The number of carbonyl (C=O) groups excluding carboxylic acids is 2. The fourth-order valence-electron chi connectivity index (χ4n) is 3.01. The van der Waals surface area contributed by atoms with Gasteiger partial charge in [-0.1, -0.05) is 6.07 Å². The summed E-state index contributed by atoms with van der Waals surface area (Å²) >= 11 is 0. The van der Waals surface area contributed by atoms with E-state index in [0.717, 1.165) is 6.07 Å². The van der Waals surface area contributed by atoms with Gasteiger partial charge in [0.1, 0.15) is 11.6 Å². The highest BCUT2D eigenvalue weighted by atomic mass is 19.1. The van der Waals surface area contributed by atoms with Gasteiger partial charge in [-0.05, 0) is 6.07 Å². The predicted octanol–water partition coefficient (Wildman–Crippen LogP) is 1.01. The minimum atomic E-state index is -0.614. The molecule has 0 radical (unpaired) electrons. The minimum absolute atomic E-state index is 0.165. The van der Waals surface area contributed by atoms with E-state index in [1.54, 1.807) is 0 Å². The molecular weight excluding hydrogens is 266 g/mol. The number of hydrogen-bond acceptors (Lipinski definition) is 3. The first-order chi connectivity index (χ1) is 9.47. The molecule has 0 aromatic heterocycles. The van der Waals surface area contributed by atoms with Gasteiger partial charge in [0.15, 0.2) is 0 Å². The predicted molar refractivity (Wildman–Crippen MR) is 66.4 cm³/mol. The molecule has 2 fully saturated rings. The minimum Gasteiger partial charge on any atom is -0.297 e. The van der Waals surface area contributed by atoms with Crippen molar-refractivity contribution in [2.24, 2.45) is 11.8 Å². The molecule has 2 aliphatic rings. The first-order valence-corrected chi connectivity index (χ1v) is 6.45. The number of imide groups is 1. The van der Waals surface area contributed by atoms with Gasteiger partial charge < -0.3 is 0 Å². The van der Waals surface area contributed by atoms with E-state index in [2.05, 4.69) is 0 Å². The Bertz CT molecular complexity index is 567. The number of halogens is 2. The van der Waals surface area contributed by atoms with Crippen molar-refractivity contribution in [3.63, 3.8) is 0 Å². The molecular formula is C14H14F2N2O2. The van der Waals surface area contributed by atoms with Crippen LogP contribution in [0.1, 0.15) is 5.56 Å². The number of likely N-dealkylation sites (tertiary alicyclic amines) is 2. The van der Waals surface area contributed by atoms with Crippen LogP contribution in [0.15, 0.2) is 18.2 Å². The molecule has 2 atom stereocenters. The van der Waals surface area contributed by atoms with Gasteiger partial charge in [-0.25, -0.2) is 8.78 Å². The Kier molecular flexibility index (Phi) is 3.05. The Hall–Kier alpha value is -1.82. The fourth-order valence-corrected chi connectivity index (χ4v) is 3.01. The standard InChI is InChI=1S/C14H14F2N2O2/c1-17-13(19)10-6-18(7-11(10)14(17)20)5-8-2-3-9(15)4-12(8)16/h2-4,10-11H,5-7H2,1H3/t10-,11+. The molecule has 0 spiro atoms. The lowest BCUT2D eigenvalue weighted by molar-refractivity contribution is -0.138. The van der Waals surface area contributed by atoms with Crippen molar-refractivity contribution >= 4 is 11.8 Å².